The summed E-state index contributed by atoms with van der Waals surface area (Å²) in [4.78, 5) is 11.9. The van der Waals surface area contributed by atoms with Crippen molar-refractivity contribution in [3.05, 3.63) is 27.7 Å². The van der Waals surface area contributed by atoms with Gasteiger partial charge in [-0.25, -0.2) is 0 Å². The molecular weight excluding hydrogens is 328 g/mol. The normalized spacial score (nSPS) is 19.2. The SMILES string of the molecule is O=C(CCC1CCCCN1)Nc1ccc(Cl)c(Br)c1. The summed E-state index contributed by atoms with van der Waals surface area (Å²) in [7, 11) is 0. The molecule has 1 atom stereocenters. The number of carbonyl (C=O) groups is 1. The van der Waals surface area contributed by atoms with Crippen LogP contribution in [-0.4, -0.2) is 18.5 Å². The predicted molar refractivity (Wildman–Crippen MR) is 82.7 cm³/mol. The average molecular weight is 346 g/mol. The molecule has 1 heterocycles. The second-order valence-electron chi connectivity index (χ2n) is 4.86. The highest BCUT2D eigenvalue weighted by molar-refractivity contribution is 9.10. The molecule has 1 amide bonds. The van der Waals surface area contributed by atoms with Crippen LogP contribution in [0, 0.1) is 0 Å². The van der Waals surface area contributed by atoms with Crippen molar-refractivity contribution < 1.29 is 4.79 Å². The second kappa shape index (κ2) is 7.27. The van der Waals surface area contributed by atoms with E-state index in [1.807, 2.05) is 12.1 Å². The standard InChI is InChI=1S/C14H18BrClN2O/c15-12-9-11(4-6-13(12)16)18-14(19)7-5-10-3-1-2-8-17-10/h4,6,9-10,17H,1-3,5,7-8H2,(H,18,19). The summed E-state index contributed by atoms with van der Waals surface area (Å²) in [5.41, 5.74) is 0.776. The van der Waals surface area contributed by atoms with Crippen molar-refractivity contribution in [1.29, 1.82) is 0 Å². The van der Waals surface area contributed by atoms with Gasteiger partial charge >= 0.3 is 0 Å². The Morgan fingerprint density at radius 2 is 2.32 bits per heavy atom. The molecule has 1 unspecified atom stereocenters. The van der Waals surface area contributed by atoms with Crippen LogP contribution in [0.2, 0.25) is 5.02 Å². The molecule has 1 aliphatic heterocycles. The van der Waals surface area contributed by atoms with Crippen LogP contribution in [0.1, 0.15) is 32.1 Å². The van der Waals surface area contributed by atoms with Crippen molar-refractivity contribution in [2.45, 2.75) is 38.1 Å². The van der Waals surface area contributed by atoms with Gasteiger partial charge in [-0.1, -0.05) is 18.0 Å². The number of rotatable bonds is 4. The van der Waals surface area contributed by atoms with E-state index in [0.717, 1.165) is 23.1 Å². The van der Waals surface area contributed by atoms with E-state index in [0.29, 0.717) is 17.5 Å². The van der Waals surface area contributed by atoms with Gasteiger partial charge < -0.3 is 10.6 Å². The molecule has 0 spiro atoms. The van der Waals surface area contributed by atoms with Crippen molar-refractivity contribution >= 4 is 39.1 Å². The first-order valence-electron chi connectivity index (χ1n) is 6.63. The number of benzene rings is 1. The maximum Gasteiger partial charge on any atom is 0.224 e. The van der Waals surface area contributed by atoms with Gasteiger partial charge in [-0.05, 0) is 59.9 Å². The van der Waals surface area contributed by atoms with Crippen molar-refractivity contribution in [1.82, 2.24) is 5.32 Å². The maximum absolute atomic E-state index is 11.9. The Balaban J connectivity index is 1.78. The van der Waals surface area contributed by atoms with Crippen molar-refractivity contribution in [2.75, 3.05) is 11.9 Å². The number of carbonyl (C=O) groups excluding carboxylic acids is 1. The zero-order valence-electron chi connectivity index (χ0n) is 10.7. The Morgan fingerprint density at radius 3 is 3.00 bits per heavy atom. The monoisotopic (exact) mass is 344 g/mol. The van der Waals surface area contributed by atoms with E-state index in [2.05, 4.69) is 26.6 Å². The molecule has 0 aromatic heterocycles. The van der Waals surface area contributed by atoms with Crippen molar-refractivity contribution in [2.24, 2.45) is 0 Å². The molecule has 1 aromatic carbocycles. The van der Waals surface area contributed by atoms with Gasteiger partial charge in [0, 0.05) is 22.6 Å². The first-order chi connectivity index (χ1) is 9.15. The van der Waals surface area contributed by atoms with E-state index < -0.39 is 0 Å². The maximum atomic E-state index is 11.9. The van der Waals surface area contributed by atoms with Crippen LogP contribution in [0.3, 0.4) is 0 Å². The fourth-order valence-electron chi connectivity index (χ4n) is 2.27. The first-order valence-corrected chi connectivity index (χ1v) is 7.80. The number of anilines is 1. The van der Waals surface area contributed by atoms with Gasteiger partial charge in [0.2, 0.25) is 5.91 Å². The minimum Gasteiger partial charge on any atom is -0.326 e. The fourth-order valence-corrected chi connectivity index (χ4v) is 2.77. The van der Waals surface area contributed by atoms with Gasteiger partial charge in [-0.15, -0.1) is 0 Å². The summed E-state index contributed by atoms with van der Waals surface area (Å²) in [5.74, 6) is 0.0570. The molecule has 1 aliphatic rings. The molecule has 0 bridgehead atoms. The van der Waals surface area contributed by atoms with Gasteiger partial charge in [0.25, 0.3) is 0 Å². The van der Waals surface area contributed by atoms with Crippen LogP contribution in [0.15, 0.2) is 22.7 Å². The van der Waals surface area contributed by atoms with Crippen molar-refractivity contribution in [3.63, 3.8) is 0 Å². The molecule has 2 rings (SSSR count). The highest BCUT2D eigenvalue weighted by Crippen LogP contribution is 2.25. The summed E-state index contributed by atoms with van der Waals surface area (Å²) < 4.78 is 0.793. The number of amides is 1. The van der Waals surface area contributed by atoms with Crippen LogP contribution in [-0.2, 0) is 4.79 Å². The summed E-state index contributed by atoms with van der Waals surface area (Å²) in [5, 5.41) is 6.99. The third kappa shape index (κ3) is 4.79. The van der Waals surface area contributed by atoms with Gasteiger partial charge in [-0.3, -0.25) is 4.79 Å². The Labute approximate surface area is 127 Å². The molecule has 19 heavy (non-hydrogen) atoms. The molecule has 0 saturated carbocycles. The quantitative estimate of drug-likeness (QED) is 0.867. The van der Waals surface area contributed by atoms with E-state index >= 15 is 0 Å². The van der Waals surface area contributed by atoms with Gasteiger partial charge in [0.1, 0.15) is 0 Å². The third-order valence-electron chi connectivity index (χ3n) is 3.34. The lowest BCUT2D eigenvalue weighted by molar-refractivity contribution is -0.116. The average Bonchev–Trinajstić information content (AvgIpc) is 2.42. The smallest absolute Gasteiger partial charge is 0.224 e. The zero-order chi connectivity index (χ0) is 13.7. The van der Waals surface area contributed by atoms with E-state index in [9.17, 15) is 4.79 Å². The number of halogens is 2. The van der Waals surface area contributed by atoms with Gasteiger partial charge in [0.15, 0.2) is 0 Å². The van der Waals surface area contributed by atoms with Gasteiger partial charge in [-0.2, -0.15) is 0 Å². The summed E-state index contributed by atoms with van der Waals surface area (Å²) in [6, 6.07) is 5.89. The van der Waals surface area contributed by atoms with E-state index in [4.69, 9.17) is 11.6 Å². The molecular formula is C14H18BrClN2O. The molecule has 2 N–H and O–H groups in total. The first kappa shape index (κ1) is 14.8. The molecule has 3 nitrogen and oxygen atoms in total. The van der Waals surface area contributed by atoms with E-state index in [1.54, 1.807) is 6.07 Å². The number of hydrogen-bond donors (Lipinski definition) is 2. The van der Waals surface area contributed by atoms with Crippen LogP contribution in [0.5, 0.6) is 0 Å². The topological polar surface area (TPSA) is 41.1 Å². The van der Waals surface area contributed by atoms with Crippen LogP contribution in [0.25, 0.3) is 0 Å². The predicted octanol–water partition coefficient (Wildman–Crippen LogP) is 3.96. The molecule has 1 aromatic rings. The Morgan fingerprint density at radius 1 is 1.47 bits per heavy atom. The second-order valence-corrected chi connectivity index (χ2v) is 6.12. The Hall–Kier alpha value is -0.580. The third-order valence-corrected chi connectivity index (χ3v) is 4.55. The molecule has 104 valence electrons. The largest absolute Gasteiger partial charge is 0.326 e. The number of piperidine rings is 1. The minimum atomic E-state index is 0.0570. The van der Waals surface area contributed by atoms with Crippen LogP contribution < -0.4 is 10.6 Å². The molecule has 0 aliphatic carbocycles. The highest BCUT2D eigenvalue weighted by Gasteiger charge is 2.14. The summed E-state index contributed by atoms with van der Waals surface area (Å²) >= 11 is 9.26. The Kier molecular flexibility index (Phi) is 5.67. The summed E-state index contributed by atoms with van der Waals surface area (Å²) in [6.45, 7) is 1.08. The zero-order valence-corrected chi connectivity index (χ0v) is 13.1. The van der Waals surface area contributed by atoms with Crippen LogP contribution >= 0.6 is 27.5 Å². The molecule has 1 fully saturated rings. The highest BCUT2D eigenvalue weighted by atomic mass is 79.9. The Bertz CT molecular complexity index is 447. The molecule has 5 heteroatoms. The van der Waals surface area contributed by atoms with E-state index in [-0.39, 0.29) is 5.91 Å². The number of nitrogens with one attached hydrogen (secondary N) is 2. The summed E-state index contributed by atoms with van der Waals surface area (Å²) in [6.07, 6.45) is 5.16. The minimum absolute atomic E-state index is 0.0570. The fraction of sp³-hybridized carbons (Fsp3) is 0.500. The molecule has 0 radical (unpaired) electrons. The number of hydrogen-bond acceptors (Lipinski definition) is 2. The van der Waals surface area contributed by atoms with Crippen molar-refractivity contribution in [3.8, 4) is 0 Å². The lowest BCUT2D eigenvalue weighted by Crippen LogP contribution is -2.34. The molecule has 1 saturated heterocycles. The lowest BCUT2D eigenvalue weighted by atomic mass is 10.0. The van der Waals surface area contributed by atoms with Gasteiger partial charge in [0.05, 0.1) is 5.02 Å². The van der Waals surface area contributed by atoms with E-state index in [1.165, 1.54) is 19.3 Å². The lowest BCUT2D eigenvalue weighted by Gasteiger charge is -2.23. The van der Waals surface area contributed by atoms with Crippen LogP contribution in [0.4, 0.5) is 5.69 Å².